The summed E-state index contributed by atoms with van der Waals surface area (Å²) in [6.07, 6.45) is 2.26. The van der Waals surface area contributed by atoms with Crippen molar-refractivity contribution >= 4 is 23.2 Å². The van der Waals surface area contributed by atoms with Crippen molar-refractivity contribution in [3.63, 3.8) is 0 Å². The number of aryl methyl sites for hydroxylation is 1. The third-order valence-corrected chi connectivity index (χ3v) is 5.23. The maximum Gasteiger partial charge on any atom is 0.278 e. The summed E-state index contributed by atoms with van der Waals surface area (Å²) in [7, 11) is 0. The molecule has 35 heavy (non-hydrogen) atoms. The van der Waals surface area contributed by atoms with Gasteiger partial charge in [0.15, 0.2) is 29.0 Å². The molecule has 0 aliphatic heterocycles. The zero-order valence-electron chi connectivity index (χ0n) is 17.7. The van der Waals surface area contributed by atoms with E-state index in [1.807, 2.05) is 0 Å². The van der Waals surface area contributed by atoms with Gasteiger partial charge in [0.05, 0.1) is 34.6 Å². The van der Waals surface area contributed by atoms with Gasteiger partial charge in [-0.3, -0.25) is 9.48 Å². The summed E-state index contributed by atoms with van der Waals surface area (Å²) >= 11 is 6.06. The summed E-state index contributed by atoms with van der Waals surface area (Å²) < 4.78 is 79.5. The highest BCUT2D eigenvalue weighted by Gasteiger charge is 2.26. The van der Waals surface area contributed by atoms with Crippen LogP contribution in [-0.2, 0) is 13.2 Å². The number of nitrogens with one attached hydrogen (secondary N) is 1. The molecule has 0 radical (unpaired) electrons. The van der Waals surface area contributed by atoms with E-state index in [4.69, 9.17) is 20.9 Å². The van der Waals surface area contributed by atoms with Crippen molar-refractivity contribution < 1.29 is 36.0 Å². The van der Waals surface area contributed by atoms with Gasteiger partial charge in [0.2, 0.25) is 5.82 Å². The molecule has 7 nitrogen and oxygen atoms in total. The van der Waals surface area contributed by atoms with Crippen molar-refractivity contribution in [2.45, 2.75) is 20.1 Å². The van der Waals surface area contributed by atoms with Gasteiger partial charge in [-0.25, -0.2) is 22.0 Å². The molecule has 0 aliphatic rings. The van der Waals surface area contributed by atoms with Crippen LogP contribution in [0.2, 0.25) is 5.02 Å². The molecule has 0 spiro atoms. The van der Waals surface area contributed by atoms with E-state index in [9.17, 15) is 26.7 Å². The third-order valence-electron chi connectivity index (χ3n) is 4.92. The summed E-state index contributed by atoms with van der Waals surface area (Å²) in [5.74, 6) is -10.3. The highest BCUT2D eigenvalue weighted by molar-refractivity contribution is 6.32. The molecule has 182 valence electrons. The summed E-state index contributed by atoms with van der Waals surface area (Å²) in [4.78, 5) is 12.7. The largest absolute Gasteiger partial charge is 0.487 e. The van der Waals surface area contributed by atoms with E-state index >= 15 is 0 Å². The van der Waals surface area contributed by atoms with Crippen LogP contribution in [0.15, 0.2) is 41.2 Å². The average molecular weight is 513 g/mol. The van der Waals surface area contributed by atoms with Crippen molar-refractivity contribution in [3.05, 3.63) is 93.3 Å². The van der Waals surface area contributed by atoms with Crippen LogP contribution >= 0.6 is 11.6 Å². The van der Waals surface area contributed by atoms with Gasteiger partial charge >= 0.3 is 0 Å². The Balaban J connectivity index is 1.48. The predicted octanol–water partition coefficient (Wildman–Crippen LogP) is 5.41. The fourth-order valence-electron chi connectivity index (χ4n) is 3.11. The van der Waals surface area contributed by atoms with Crippen LogP contribution in [0.25, 0.3) is 0 Å². The Labute approximate surface area is 199 Å². The van der Waals surface area contributed by atoms with E-state index in [2.05, 4.69) is 15.6 Å². The Morgan fingerprint density at radius 3 is 2.40 bits per heavy atom. The molecule has 1 N–H and O–H groups in total. The molecule has 0 unspecified atom stereocenters. The monoisotopic (exact) mass is 512 g/mol. The molecule has 2 aromatic heterocycles. The number of carbonyl (C=O) groups excluding carboxylic acids is 1. The van der Waals surface area contributed by atoms with Crippen LogP contribution in [-0.4, -0.2) is 20.8 Å². The maximum absolute atomic E-state index is 13.9. The van der Waals surface area contributed by atoms with E-state index in [0.717, 1.165) is 17.1 Å². The van der Waals surface area contributed by atoms with Crippen LogP contribution < -0.4 is 10.1 Å². The van der Waals surface area contributed by atoms with E-state index in [1.165, 1.54) is 0 Å². The maximum atomic E-state index is 13.9. The average Bonchev–Trinajstić information content (AvgIpc) is 3.44. The highest BCUT2D eigenvalue weighted by Crippen LogP contribution is 2.26. The van der Waals surface area contributed by atoms with E-state index in [0.29, 0.717) is 22.1 Å². The first-order chi connectivity index (χ1) is 16.7. The minimum atomic E-state index is -2.26. The number of carbonyl (C=O) groups is 1. The van der Waals surface area contributed by atoms with Crippen LogP contribution in [0.4, 0.5) is 27.6 Å². The lowest BCUT2D eigenvalue weighted by molar-refractivity contribution is 0.101. The number of anilines is 1. The first kappa shape index (κ1) is 24.2. The molecule has 0 aliphatic carbocycles. The minimum Gasteiger partial charge on any atom is -0.487 e. The summed E-state index contributed by atoms with van der Waals surface area (Å²) in [5, 5.41) is 10.3. The summed E-state index contributed by atoms with van der Waals surface area (Å²) in [6.45, 7) is 0.722. The molecular formula is C22H14ClF5N4O3. The molecule has 0 atom stereocenters. The highest BCUT2D eigenvalue weighted by atomic mass is 35.5. The second-order valence-corrected chi connectivity index (χ2v) is 7.62. The van der Waals surface area contributed by atoms with Crippen LogP contribution in [0.3, 0.4) is 0 Å². The number of hydrogen-bond acceptors (Lipinski definition) is 5. The first-order valence-corrected chi connectivity index (χ1v) is 10.2. The number of benzene rings is 2. The number of hydrogen-bond donors (Lipinski definition) is 1. The fraction of sp³-hybridized carbons (Fsp3) is 0.136. The van der Waals surface area contributed by atoms with Crippen molar-refractivity contribution in [1.29, 1.82) is 0 Å². The Kier molecular flexibility index (Phi) is 6.74. The fourth-order valence-corrected chi connectivity index (χ4v) is 3.30. The standard InChI is InChI=1S/C22H14ClF5N4O3/c1-10-13(9-34-15-5-3-2-4-14(15)23)21(31-35-10)22(33)30-11-6-29-32(7-11)8-12-16(24)18(26)20(28)19(27)17(12)25/h2-7H,8-9H2,1H3,(H,30,33). The number of aromatic nitrogens is 3. The van der Waals surface area contributed by atoms with Gasteiger partial charge in [-0.05, 0) is 19.1 Å². The Morgan fingerprint density at radius 1 is 1.06 bits per heavy atom. The normalized spacial score (nSPS) is 11.1. The Bertz CT molecular complexity index is 1390. The number of ether oxygens (including phenoxy) is 1. The number of halogens is 6. The number of amides is 1. The molecule has 1 amide bonds. The van der Waals surface area contributed by atoms with Crippen molar-refractivity contribution in [2.24, 2.45) is 0 Å². The zero-order chi connectivity index (χ0) is 25.3. The Morgan fingerprint density at radius 2 is 1.71 bits per heavy atom. The topological polar surface area (TPSA) is 82.2 Å². The van der Waals surface area contributed by atoms with Gasteiger partial charge in [-0.15, -0.1) is 0 Å². The van der Waals surface area contributed by atoms with Gasteiger partial charge in [0.1, 0.15) is 18.1 Å². The lowest BCUT2D eigenvalue weighted by atomic mass is 10.1. The molecule has 4 rings (SSSR count). The van der Waals surface area contributed by atoms with Crippen LogP contribution in [0, 0.1) is 36.0 Å². The van der Waals surface area contributed by atoms with Crippen molar-refractivity contribution in [2.75, 3.05) is 5.32 Å². The van der Waals surface area contributed by atoms with E-state index < -0.39 is 47.1 Å². The van der Waals surface area contributed by atoms with Gasteiger partial charge in [0.25, 0.3) is 5.91 Å². The molecule has 0 saturated heterocycles. The SMILES string of the molecule is Cc1onc(C(=O)Nc2cnn(Cc3c(F)c(F)c(F)c(F)c3F)c2)c1COc1ccccc1Cl. The Hall–Kier alpha value is -3.93. The van der Waals surface area contributed by atoms with Gasteiger partial charge < -0.3 is 14.6 Å². The zero-order valence-corrected chi connectivity index (χ0v) is 18.5. The molecule has 4 aromatic rings. The minimum absolute atomic E-state index is 0.0671. The lowest BCUT2D eigenvalue weighted by Crippen LogP contribution is -2.15. The molecule has 2 aromatic carbocycles. The molecule has 0 fully saturated rings. The van der Waals surface area contributed by atoms with Crippen LogP contribution in [0.5, 0.6) is 5.75 Å². The van der Waals surface area contributed by atoms with Gasteiger partial charge in [0, 0.05) is 6.20 Å². The predicted molar refractivity (Wildman–Crippen MR) is 113 cm³/mol. The molecular weight excluding hydrogens is 499 g/mol. The second kappa shape index (κ2) is 9.74. The molecule has 2 heterocycles. The third kappa shape index (κ3) is 4.83. The van der Waals surface area contributed by atoms with Gasteiger partial charge in [-0.2, -0.15) is 5.10 Å². The molecule has 13 heteroatoms. The molecule has 0 bridgehead atoms. The van der Waals surface area contributed by atoms with Crippen molar-refractivity contribution in [3.8, 4) is 5.75 Å². The smallest absolute Gasteiger partial charge is 0.278 e. The number of rotatable bonds is 7. The number of nitrogens with zero attached hydrogens (tertiary/aromatic N) is 3. The lowest BCUT2D eigenvalue weighted by Gasteiger charge is -2.08. The quantitative estimate of drug-likeness (QED) is 0.203. The molecule has 0 saturated carbocycles. The van der Waals surface area contributed by atoms with E-state index in [1.54, 1.807) is 31.2 Å². The van der Waals surface area contributed by atoms with E-state index in [-0.39, 0.29) is 18.0 Å². The van der Waals surface area contributed by atoms with Crippen molar-refractivity contribution in [1.82, 2.24) is 14.9 Å². The number of para-hydroxylation sites is 1. The van der Waals surface area contributed by atoms with Gasteiger partial charge in [-0.1, -0.05) is 28.9 Å². The summed E-state index contributed by atoms with van der Waals surface area (Å²) in [5.41, 5.74) is -0.760. The summed E-state index contributed by atoms with van der Waals surface area (Å²) in [6, 6.07) is 6.73. The second-order valence-electron chi connectivity index (χ2n) is 7.21. The van der Waals surface area contributed by atoms with Crippen LogP contribution in [0.1, 0.15) is 27.4 Å². The first-order valence-electron chi connectivity index (χ1n) is 9.84.